The molecule has 1 N–H and O–H groups in total. The molecule has 4 heteroatoms. The van der Waals surface area contributed by atoms with Crippen molar-refractivity contribution in [1.29, 1.82) is 0 Å². The quantitative estimate of drug-likeness (QED) is 0.523. The third-order valence-electron chi connectivity index (χ3n) is 3.58. The van der Waals surface area contributed by atoms with E-state index in [1.54, 1.807) is 0 Å². The van der Waals surface area contributed by atoms with Crippen LogP contribution in [0.25, 0.3) is 0 Å². The number of hydroxylamine groups is 2. The molecule has 0 aromatic heterocycles. The van der Waals surface area contributed by atoms with Gasteiger partial charge in [0.15, 0.2) is 0 Å². The predicted molar refractivity (Wildman–Crippen MR) is 64.1 cm³/mol. The van der Waals surface area contributed by atoms with Crippen LogP contribution in [-0.4, -0.2) is 22.1 Å². The highest BCUT2D eigenvalue weighted by atomic mass is 16.5. The molecule has 1 aliphatic heterocycles. The van der Waals surface area contributed by atoms with Crippen molar-refractivity contribution in [3.8, 4) is 0 Å². The van der Waals surface area contributed by atoms with Crippen molar-refractivity contribution in [2.45, 2.75) is 48.0 Å². The topological polar surface area (TPSA) is 57.6 Å². The van der Waals surface area contributed by atoms with Crippen LogP contribution in [0, 0.1) is 22.7 Å². The lowest BCUT2D eigenvalue weighted by Gasteiger charge is -2.42. The third-order valence-corrected chi connectivity index (χ3v) is 3.58. The molecule has 2 atom stereocenters. The number of amides is 2. The minimum atomic E-state index is -0.469. The fourth-order valence-corrected chi connectivity index (χ4v) is 2.29. The fraction of sp³-hybridized carbons (Fsp3) is 0.846. The maximum absolute atomic E-state index is 11.9. The summed E-state index contributed by atoms with van der Waals surface area (Å²) >= 11 is 0. The molecule has 0 radical (unpaired) electrons. The van der Waals surface area contributed by atoms with Crippen molar-refractivity contribution in [3.63, 3.8) is 0 Å². The Bertz CT molecular complexity index is 304. The molecule has 0 aromatic rings. The number of carbonyl (C=O) groups is 2. The Labute approximate surface area is 103 Å². The molecular weight excluding hydrogens is 218 g/mol. The summed E-state index contributed by atoms with van der Waals surface area (Å²) in [6.07, 6.45) is 0.516. The molecule has 1 rings (SSSR count). The average molecular weight is 241 g/mol. The first kappa shape index (κ1) is 14.2. The van der Waals surface area contributed by atoms with E-state index in [0.29, 0.717) is 11.5 Å². The number of hydrogen-bond donors (Lipinski definition) is 1. The van der Waals surface area contributed by atoms with Crippen molar-refractivity contribution in [3.05, 3.63) is 0 Å². The van der Waals surface area contributed by atoms with Gasteiger partial charge >= 0.3 is 0 Å². The van der Waals surface area contributed by atoms with Crippen LogP contribution in [0.2, 0.25) is 0 Å². The molecule has 17 heavy (non-hydrogen) atoms. The zero-order valence-corrected chi connectivity index (χ0v) is 11.6. The maximum Gasteiger partial charge on any atom is 0.256 e. The van der Waals surface area contributed by atoms with Crippen LogP contribution in [0.4, 0.5) is 0 Å². The number of carbonyl (C=O) groups excluding carboxylic acids is 2. The van der Waals surface area contributed by atoms with Gasteiger partial charge in [-0.05, 0) is 17.3 Å². The van der Waals surface area contributed by atoms with Crippen molar-refractivity contribution in [1.82, 2.24) is 5.06 Å². The molecule has 0 spiro atoms. The normalized spacial score (nSPS) is 27.6. The first-order chi connectivity index (χ1) is 7.46. The van der Waals surface area contributed by atoms with E-state index in [0.717, 1.165) is 0 Å². The second-order valence-electron chi connectivity index (χ2n) is 7.06. The summed E-state index contributed by atoms with van der Waals surface area (Å²) in [5.41, 5.74) is -0.496. The minimum absolute atomic E-state index is 0.248. The Morgan fingerprint density at radius 1 is 0.941 bits per heavy atom. The summed E-state index contributed by atoms with van der Waals surface area (Å²) < 4.78 is 0. The van der Waals surface area contributed by atoms with Gasteiger partial charge in [-0.25, -0.2) is 0 Å². The van der Waals surface area contributed by atoms with E-state index in [2.05, 4.69) is 0 Å². The van der Waals surface area contributed by atoms with E-state index in [-0.39, 0.29) is 22.7 Å². The van der Waals surface area contributed by atoms with Gasteiger partial charge in [0.1, 0.15) is 0 Å². The summed E-state index contributed by atoms with van der Waals surface area (Å²) in [4.78, 5) is 23.8. The van der Waals surface area contributed by atoms with Crippen molar-refractivity contribution in [2.75, 3.05) is 0 Å². The molecule has 98 valence electrons. The van der Waals surface area contributed by atoms with Gasteiger partial charge in [-0.3, -0.25) is 14.8 Å². The number of imide groups is 1. The smallest absolute Gasteiger partial charge is 0.256 e. The zero-order chi connectivity index (χ0) is 13.6. The number of hydrogen-bond acceptors (Lipinski definition) is 3. The second-order valence-corrected chi connectivity index (χ2v) is 7.06. The van der Waals surface area contributed by atoms with Gasteiger partial charge in [0.2, 0.25) is 0 Å². The summed E-state index contributed by atoms with van der Waals surface area (Å²) in [7, 11) is 0. The molecular formula is C13H23NO3. The van der Waals surface area contributed by atoms with Crippen LogP contribution in [-0.2, 0) is 9.59 Å². The summed E-state index contributed by atoms with van der Waals surface area (Å²) in [5, 5.41) is 9.98. The summed E-state index contributed by atoms with van der Waals surface area (Å²) in [5.74, 6) is -1.56. The average Bonchev–Trinajstić information content (AvgIpc) is 2.10. The zero-order valence-electron chi connectivity index (χ0n) is 11.6. The van der Waals surface area contributed by atoms with Crippen LogP contribution < -0.4 is 0 Å². The predicted octanol–water partition coefficient (Wildman–Crippen LogP) is 2.46. The van der Waals surface area contributed by atoms with Crippen LogP contribution in [0.3, 0.4) is 0 Å². The molecule has 0 aliphatic carbocycles. The standard InChI is InChI=1S/C13H23NO3/c1-12(2,3)8-7-9(13(4,5)6)11(16)14(17)10(8)15/h8-9,17H,7H2,1-6H3. The first-order valence-electron chi connectivity index (χ1n) is 6.03. The lowest BCUT2D eigenvalue weighted by Crippen LogP contribution is -2.54. The third kappa shape index (κ3) is 2.68. The van der Waals surface area contributed by atoms with Crippen LogP contribution in [0.5, 0.6) is 0 Å². The van der Waals surface area contributed by atoms with Crippen LogP contribution >= 0.6 is 0 Å². The molecule has 1 fully saturated rings. The molecule has 2 amide bonds. The molecule has 1 heterocycles. The van der Waals surface area contributed by atoms with E-state index in [9.17, 15) is 14.8 Å². The Hall–Kier alpha value is -0.900. The van der Waals surface area contributed by atoms with E-state index in [1.165, 1.54) is 0 Å². The van der Waals surface area contributed by atoms with Gasteiger partial charge in [-0.15, -0.1) is 0 Å². The molecule has 0 bridgehead atoms. The lowest BCUT2D eigenvalue weighted by molar-refractivity contribution is -0.198. The maximum atomic E-state index is 11.9. The largest absolute Gasteiger partial charge is 0.278 e. The first-order valence-corrected chi connectivity index (χ1v) is 6.03. The second kappa shape index (κ2) is 4.09. The molecule has 1 aliphatic rings. The number of rotatable bonds is 0. The van der Waals surface area contributed by atoms with E-state index < -0.39 is 11.8 Å². The molecule has 0 aromatic carbocycles. The van der Waals surface area contributed by atoms with Gasteiger partial charge < -0.3 is 0 Å². The van der Waals surface area contributed by atoms with E-state index in [1.807, 2.05) is 41.5 Å². The Kier molecular flexibility index (Phi) is 3.41. The van der Waals surface area contributed by atoms with Gasteiger partial charge in [0.25, 0.3) is 11.8 Å². The van der Waals surface area contributed by atoms with Gasteiger partial charge in [0, 0.05) is 11.8 Å². The summed E-state index contributed by atoms with van der Waals surface area (Å²) in [6.45, 7) is 11.7. The highest BCUT2D eigenvalue weighted by molar-refractivity contribution is 5.99. The SMILES string of the molecule is CC(C)(C)C1CC(C(C)(C)C)C(=O)N(O)C1=O. The molecule has 0 saturated carbocycles. The Balaban J connectivity index is 3.08. The Morgan fingerprint density at radius 2 is 1.24 bits per heavy atom. The van der Waals surface area contributed by atoms with Crippen molar-refractivity contribution in [2.24, 2.45) is 22.7 Å². The monoisotopic (exact) mass is 241 g/mol. The fourth-order valence-electron chi connectivity index (χ4n) is 2.29. The molecule has 4 nitrogen and oxygen atoms in total. The van der Waals surface area contributed by atoms with Crippen LogP contribution in [0.15, 0.2) is 0 Å². The van der Waals surface area contributed by atoms with Crippen LogP contribution in [0.1, 0.15) is 48.0 Å². The number of piperidine rings is 1. The molecule has 2 unspecified atom stereocenters. The summed E-state index contributed by atoms with van der Waals surface area (Å²) in [6, 6.07) is 0. The van der Waals surface area contributed by atoms with E-state index in [4.69, 9.17) is 0 Å². The van der Waals surface area contributed by atoms with Crippen molar-refractivity contribution >= 4 is 11.8 Å². The number of nitrogens with zero attached hydrogens (tertiary/aromatic N) is 1. The minimum Gasteiger partial charge on any atom is -0.278 e. The highest BCUT2D eigenvalue weighted by Gasteiger charge is 2.48. The lowest BCUT2D eigenvalue weighted by atomic mass is 9.67. The Morgan fingerprint density at radius 3 is 1.47 bits per heavy atom. The van der Waals surface area contributed by atoms with Gasteiger partial charge in [0.05, 0.1) is 0 Å². The molecule has 1 saturated heterocycles. The van der Waals surface area contributed by atoms with Gasteiger partial charge in [-0.2, -0.15) is 5.06 Å². The van der Waals surface area contributed by atoms with E-state index >= 15 is 0 Å². The highest BCUT2D eigenvalue weighted by Crippen LogP contribution is 2.42. The van der Waals surface area contributed by atoms with Crippen molar-refractivity contribution < 1.29 is 14.8 Å². The van der Waals surface area contributed by atoms with Gasteiger partial charge in [-0.1, -0.05) is 41.5 Å².